The molecule has 1 unspecified atom stereocenters. The highest BCUT2D eigenvalue weighted by molar-refractivity contribution is 7.14. The summed E-state index contributed by atoms with van der Waals surface area (Å²) < 4.78 is 0. The number of nitrogens with zero attached hydrogens (tertiary/aromatic N) is 3. The molecule has 2 N–H and O–H groups in total. The number of hydrogen-bond acceptors (Lipinski definition) is 6. The van der Waals surface area contributed by atoms with Gasteiger partial charge in [-0.3, -0.25) is 4.90 Å². The average molecular weight is 294 g/mol. The van der Waals surface area contributed by atoms with Crippen LogP contribution in [-0.2, 0) is 6.54 Å². The summed E-state index contributed by atoms with van der Waals surface area (Å²) in [5.74, 6) is 0.812. The smallest absolute Gasteiger partial charge is 0.180 e. The quantitative estimate of drug-likeness (QED) is 0.945. The van der Waals surface area contributed by atoms with Crippen molar-refractivity contribution in [2.75, 3.05) is 18.8 Å². The lowest BCUT2D eigenvalue weighted by molar-refractivity contribution is 0.176. The van der Waals surface area contributed by atoms with Crippen LogP contribution in [0.3, 0.4) is 0 Å². The summed E-state index contributed by atoms with van der Waals surface area (Å²) in [7, 11) is 0. The van der Waals surface area contributed by atoms with Crippen LogP contribution >= 0.6 is 22.7 Å². The molecular weight excluding hydrogens is 276 g/mol. The zero-order chi connectivity index (χ0) is 13.2. The molecular formula is C13H18N4S2. The summed E-state index contributed by atoms with van der Waals surface area (Å²) in [5, 5.41) is 5.83. The van der Waals surface area contributed by atoms with Crippen molar-refractivity contribution in [1.29, 1.82) is 0 Å². The zero-order valence-electron chi connectivity index (χ0n) is 11.0. The van der Waals surface area contributed by atoms with Gasteiger partial charge in [0.1, 0.15) is 16.4 Å². The summed E-state index contributed by atoms with van der Waals surface area (Å²) in [6, 6.07) is 0. The van der Waals surface area contributed by atoms with Crippen LogP contribution < -0.4 is 5.73 Å². The maximum Gasteiger partial charge on any atom is 0.180 e. The van der Waals surface area contributed by atoms with Crippen LogP contribution in [0.4, 0.5) is 5.13 Å². The molecule has 3 rings (SSSR count). The fourth-order valence-corrected chi connectivity index (χ4v) is 3.91. The normalized spacial score (nSPS) is 20.8. The highest BCUT2D eigenvalue weighted by atomic mass is 32.1. The molecule has 0 aromatic carbocycles. The van der Waals surface area contributed by atoms with Crippen molar-refractivity contribution >= 4 is 27.8 Å². The SMILES string of the molecule is CC1CCCN(Cc2nc(-c3csc(N)n3)cs2)C1. The highest BCUT2D eigenvalue weighted by Gasteiger charge is 2.17. The average Bonchev–Trinajstić information content (AvgIpc) is 2.98. The van der Waals surface area contributed by atoms with Gasteiger partial charge in [-0.25, -0.2) is 9.97 Å². The predicted octanol–water partition coefficient (Wildman–Crippen LogP) is 3.08. The number of piperidine rings is 1. The summed E-state index contributed by atoms with van der Waals surface area (Å²) in [6.45, 7) is 5.69. The third kappa shape index (κ3) is 3.13. The van der Waals surface area contributed by atoms with Crippen LogP contribution in [0.15, 0.2) is 10.8 Å². The van der Waals surface area contributed by atoms with E-state index in [0.29, 0.717) is 5.13 Å². The topological polar surface area (TPSA) is 55.0 Å². The standard InChI is InChI=1S/C13H18N4S2/c1-9-3-2-4-17(5-9)6-12-15-10(7-18-12)11-8-19-13(14)16-11/h7-9H,2-6H2,1H3,(H2,14,16). The number of nitrogen functional groups attached to an aromatic ring is 1. The molecule has 0 amide bonds. The second kappa shape index (κ2) is 5.56. The van der Waals surface area contributed by atoms with Crippen molar-refractivity contribution in [2.45, 2.75) is 26.3 Å². The number of aromatic nitrogens is 2. The lowest BCUT2D eigenvalue weighted by Gasteiger charge is -2.29. The first kappa shape index (κ1) is 13.0. The zero-order valence-corrected chi connectivity index (χ0v) is 12.6. The second-order valence-corrected chi connectivity index (χ2v) is 7.01. The van der Waals surface area contributed by atoms with Crippen LogP contribution in [0, 0.1) is 5.92 Å². The van der Waals surface area contributed by atoms with Gasteiger partial charge in [0.15, 0.2) is 5.13 Å². The van der Waals surface area contributed by atoms with E-state index >= 15 is 0 Å². The molecule has 6 heteroatoms. The van der Waals surface area contributed by atoms with E-state index in [-0.39, 0.29) is 0 Å². The Kier molecular flexibility index (Phi) is 3.81. The minimum Gasteiger partial charge on any atom is -0.375 e. The number of rotatable bonds is 3. The fourth-order valence-electron chi connectivity index (χ4n) is 2.53. The summed E-state index contributed by atoms with van der Waals surface area (Å²) in [6.07, 6.45) is 2.67. The molecule has 0 spiro atoms. The van der Waals surface area contributed by atoms with Gasteiger partial charge in [0.25, 0.3) is 0 Å². The molecule has 102 valence electrons. The molecule has 4 nitrogen and oxygen atoms in total. The van der Waals surface area contributed by atoms with E-state index in [0.717, 1.165) is 23.9 Å². The second-order valence-electron chi connectivity index (χ2n) is 5.18. The van der Waals surface area contributed by atoms with E-state index in [1.54, 1.807) is 11.3 Å². The lowest BCUT2D eigenvalue weighted by atomic mass is 10.0. The van der Waals surface area contributed by atoms with E-state index in [4.69, 9.17) is 5.73 Å². The molecule has 1 saturated heterocycles. The van der Waals surface area contributed by atoms with Gasteiger partial charge in [0.05, 0.1) is 6.54 Å². The van der Waals surface area contributed by atoms with Crippen LogP contribution in [-0.4, -0.2) is 28.0 Å². The van der Waals surface area contributed by atoms with Gasteiger partial charge in [-0.2, -0.15) is 0 Å². The largest absolute Gasteiger partial charge is 0.375 e. The Balaban J connectivity index is 1.68. The number of nitrogens with two attached hydrogens (primary N) is 1. The maximum absolute atomic E-state index is 5.66. The fraction of sp³-hybridized carbons (Fsp3) is 0.538. The van der Waals surface area contributed by atoms with Gasteiger partial charge in [0, 0.05) is 17.3 Å². The monoisotopic (exact) mass is 294 g/mol. The Morgan fingerprint density at radius 2 is 2.11 bits per heavy atom. The summed E-state index contributed by atoms with van der Waals surface area (Å²) in [4.78, 5) is 11.5. The van der Waals surface area contributed by atoms with Crippen LogP contribution in [0.25, 0.3) is 11.4 Å². The lowest BCUT2D eigenvalue weighted by Crippen LogP contribution is -2.33. The number of anilines is 1. The molecule has 0 aliphatic carbocycles. The van der Waals surface area contributed by atoms with Gasteiger partial charge in [-0.15, -0.1) is 22.7 Å². The Morgan fingerprint density at radius 3 is 2.84 bits per heavy atom. The van der Waals surface area contributed by atoms with E-state index in [1.165, 1.54) is 42.3 Å². The van der Waals surface area contributed by atoms with Gasteiger partial charge in [-0.05, 0) is 25.3 Å². The maximum atomic E-state index is 5.66. The molecule has 1 aliphatic rings. The van der Waals surface area contributed by atoms with Crippen molar-refractivity contribution in [3.8, 4) is 11.4 Å². The van der Waals surface area contributed by atoms with E-state index < -0.39 is 0 Å². The minimum absolute atomic E-state index is 0.606. The third-order valence-electron chi connectivity index (χ3n) is 3.44. The molecule has 0 saturated carbocycles. The molecule has 2 aromatic rings. The molecule has 1 fully saturated rings. The van der Waals surface area contributed by atoms with Crippen molar-refractivity contribution in [1.82, 2.24) is 14.9 Å². The van der Waals surface area contributed by atoms with E-state index in [2.05, 4.69) is 27.2 Å². The van der Waals surface area contributed by atoms with Crippen LogP contribution in [0.2, 0.25) is 0 Å². The van der Waals surface area contributed by atoms with Crippen molar-refractivity contribution < 1.29 is 0 Å². The Bertz CT molecular complexity index is 548. The number of thiazole rings is 2. The molecule has 1 aliphatic heterocycles. The first-order valence-corrected chi connectivity index (χ1v) is 8.35. The third-order valence-corrected chi connectivity index (χ3v) is 4.94. The Morgan fingerprint density at radius 1 is 1.32 bits per heavy atom. The molecule has 3 heterocycles. The van der Waals surface area contributed by atoms with E-state index in [9.17, 15) is 0 Å². The Labute approximate surface area is 121 Å². The summed E-state index contributed by atoms with van der Waals surface area (Å²) >= 11 is 3.18. The van der Waals surface area contributed by atoms with Crippen LogP contribution in [0.1, 0.15) is 24.8 Å². The van der Waals surface area contributed by atoms with Gasteiger partial charge < -0.3 is 5.73 Å². The first-order valence-electron chi connectivity index (χ1n) is 6.59. The van der Waals surface area contributed by atoms with Crippen molar-refractivity contribution in [3.05, 3.63) is 15.8 Å². The molecule has 0 radical (unpaired) electrons. The number of hydrogen-bond donors (Lipinski definition) is 1. The predicted molar refractivity (Wildman–Crippen MR) is 81.3 cm³/mol. The van der Waals surface area contributed by atoms with Crippen molar-refractivity contribution in [2.24, 2.45) is 5.92 Å². The molecule has 2 aromatic heterocycles. The number of likely N-dealkylation sites (tertiary alicyclic amines) is 1. The summed E-state index contributed by atoms with van der Waals surface area (Å²) in [5.41, 5.74) is 7.52. The van der Waals surface area contributed by atoms with Gasteiger partial charge >= 0.3 is 0 Å². The highest BCUT2D eigenvalue weighted by Crippen LogP contribution is 2.26. The molecule has 1 atom stereocenters. The van der Waals surface area contributed by atoms with Gasteiger partial charge in [0.2, 0.25) is 0 Å². The molecule has 19 heavy (non-hydrogen) atoms. The Hall–Kier alpha value is -0.980. The minimum atomic E-state index is 0.606. The molecule has 0 bridgehead atoms. The first-order chi connectivity index (χ1) is 9.20. The van der Waals surface area contributed by atoms with E-state index in [1.807, 2.05) is 5.38 Å². The van der Waals surface area contributed by atoms with Gasteiger partial charge in [-0.1, -0.05) is 6.92 Å². The van der Waals surface area contributed by atoms with Crippen LogP contribution in [0.5, 0.6) is 0 Å². The van der Waals surface area contributed by atoms with Crippen molar-refractivity contribution in [3.63, 3.8) is 0 Å².